The monoisotopic (exact) mass is 255 g/mol. The Bertz CT molecular complexity index is 218. The summed E-state index contributed by atoms with van der Waals surface area (Å²) in [4.78, 5) is 0. The van der Waals surface area contributed by atoms with Crippen LogP contribution in [0.4, 0.5) is 0 Å². The van der Waals surface area contributed by atoms with Crippen LogP contribution >= 0.6 is 0 Å². The standard InChI is InChI=1S/C16H33NO/c1-6-12-17-13-16(18-15(3,4)5)10-8-14(7-2)9-11-16/h14,17H,6-13H2,1-5H3. The maximum Gasteiger partial charge on any atom is 0.0813 e. The third kappa shape index (κ3) is 5.27. The Morgan fingerprint density at radius 1 is 1.17 bits per heavy atom. The van der Waals surface area contributed by atoms with Gasteiger partial charge in [0.05, 0.1) is 11.2 Å². The summed E-state index contributed by atoms with van der Waals surface area (Å²) in [6, 6.07) is 0. The molecule has 0 saturated heterocycles. The molecular weight excluding hydrogens is 222 g/mol. The lowest BCUT2D eigenvalue weighted by Crippen LogP contribution is -2.49. The van der Waals surface area contributed by atoms with Gasteiger partial charge in [0.2, 0.25) is 0 Å². The van der Waals surface area contributed by atoms with E-state index in [4.69, 9.17) is 4.74 Å². The summed E-state index contributed by atoms with van der Waals surface area (Å²) < 4.78 is 6.44. The second-order valence-electron chi connectivity index (χ2n) is 6.93. The first kappa shape index (κ1) is 16.0. The van der Waals surface area contributed by atoms with E-state index >= 15 is 0 Å². The summed E-state index contributed by atoms with van der Waals surface area (Å²) >= 11 is 0. The summed E-state index contributed by atoms with van der Waals surface area (Å²) in [5.74, 6) is 0.924. The normalized spacial score (nSPS) is 29.5. The quantitative estimate of drug-likeness (QED) is 0.720. The first-order valence-corrected chi connectivity index (χ1v) is 7.81. The van der Waals surface area contributed by atoms with E-state index in [2.05, 4.69) is 39.9 Å². The van der Waals surface area contributed by atoms with Crippen LogP contribution < -0.4 is 5.32 Å². The molecule has 0 amide bonds. The van der Waals surface area contributed by atoms with E-state index in [1.165, 1.54) is 38.5 Å². The van der Waals surface area contributed by atoms with Gasteiger partial charge >= 0.3 is 0 Å². The van der Waals surface area contributed by atoms with Crippen molar-refractivity contribution in [1.82, 2.24) is 5.32 Å². The summed E-state index contributed by atoms with van der Waals surface area (Å²) in [6.07, 6.45) is 7.64. The van der Waals surface area contributed by atoms with E-state index in [1.54, 1.807) is 0 Å². The molecule has 0 spiro atoms. The molecule has 1 saturated carbocycles. The minimum Gasteiger partial charge on any atom is -0.368 e. The minimum absolute atomic E-state index is 0.0348. The van der Waals surface area contributed by atoms with Crippen molar-refractivity contribution >= 4 is 0 Å². The molecule has 2 nitrogen and oxygen atoms in total. The van der Waals surface area contributed by atoms with Crippen molar-refractivity contribution in [3.8, 4) is 0 Å². The van der Waals surface area contributed by atoms with Crippen LogP contribution in [0.5, 0.6) is 0 Å². The Kier molecular flexibility index (Phi) is 6.13. The molecule has 0 heterocycles. The highest BCUT2D eigenvalue weighted by molar-refractivity contribution is 4.91. The highest BCUT2D eigenvalue weighted by atomic mass is 16.5. The van der Waals surface area contributed by atoms with Crippen LogP contribution in [0.3, 0.4) is 0 Å². The molecule has 18 heavy (non-hydrogen) atoms. The third-order valence-corrected chi connectivity index (χ3v) is 3.99. The van der Waals surface area contributed by atoms with Crippen molar-refractivity contribution in [1.29, 1.82) is 0 Å². The topological polar surface area (TPSA) is 21.3 Å². The van der Waals surface area contributed by atoms with Crippen LogP contribution in [0.1, 0.15) is 73.1 Å². The summed E-state index contributed by atoms with van der Waals surface area (Å²) in [5, 5.41) is 3.58. The van der Waals surface area contributed by atoms with Crippen molar-refractivity contribution < 1.29 is 4.74 Å². The molecule has 1 fully saturated rings. The SMILES string of the molecule is CCCNCC1(OC(C)(C)C)CCC(CC)CC1. The molecule has 1 aliphatic rings. The van der Waals surface area contributed by atoms with Crippen LogP contribution in [0.25, 0.3) is 0 Å². The summed E-state index contributed by atoms with van der Waals surface area (Å²) in [7, 11) is 0. The fourth-order valence-electron chi connectivity index (χ4n) is 3.07. The van der Waals surface area contributed by atoms with Crippen molar-refractivity contribution in [2.24, 2.45) is 5.92 Å². The van der Waals surface area contributed by atoms with Gasteiger partial charge in [-0.3, -0.25) is 0 Å². The largest absolute Gasteiger partial charge is 0.368 e. The van der Waals surface area contributed by atoms with Crippen molar-refractivity contribution in [2.45, 2.75) is 84.3 Å². The van der Waals surface area contributed by atoms with E-state index in [-0.39, 0.29) is 11.2 Å². The lowest BCUT2D eigenvalue weighted by molar-refractivity contribution is -0.151. The van der Waals surface area contributed by atoms with E-state index < -0.39 is 0 Å². The molecule has 0 aromatic heterocycles. The van der Waals surface area contributed by atoms with Crippen molar-refractivity contribution in [2.75, 3.05) is 13.1 Å². The Morgan fingerprint density at radius 2 is 1.78 bits per heavy atom. The lowest BCUT2D eigenvalue weighted by atomic mass is 9.77. The van der Waals surface area contributed by atoms with Gasteiger partial charge in [0.1, 0.15) is 0 Å². The Labute approximate surface area is 114 Å². The molecule has 108 valence electrons. The predicted molar refractivity (Wildman–Crippen MR) is 79.0 cm³/mol. The molecule has 0 bridgehead atoms. The van der Waals surface area contributed by atoms with Gasteiger partial charge in [-0.1, -0.05) is 20.3 Å². The van der Waals surface area contributed by atoms with E-state index in [0.717, 1.165) is 19.0 Å². The third-order valence-electron chi connectivity index (χ3n) is 3.99. The van der Waals surface area contributed by atoms with Crippen molar-refractivity contribution in [3.05, 3.63) is 0 Å². The lowest BCUT2D eigenvalue weighted by Gasteiger charge is -2.44. The van der Waals surface area contributed by atoms with Gasteiger partial charge in [0.15, 0.2) is 0 Å². The number of rotatable bonds is 6. The minimum atomic E-state index is -0.0348. The van der Waals surface area contributed by atoms with Gasteiger partial charge < -0.3 is 10.1 Å². The van der Waals surface area contributed by atoms with Crippen LogP contribution in [-0.2, 0) is 4.74 Å². The Balaban J connectivity index is 2.58. The van der Waals surface area contributed by atoms with E-state index in [1.807, 2.05) is 0 Å². The molecule has 1 rings (SSSR count). The first-order valence-electron chi connectivity index (χ1n) is 7.81. The average Bonchev–Trinajstić information content (AvgIpc) is 2.28. The maximum atomic E-state index is 6.44. The highest BCUT2D eigenvalue weighted by Gasteiger charge is 2.38. The second-order valence-corrected chi connectivity index (χ2v) is 6.93. The summed E-state index contributed by atoms with van der Waals surface area (Å²) in [5.41, 5.74) is 0.0477. The van der Waals surface area contributed by atoms with Crippen LogP contribution in [0, 0.1) is 5.92 Å². The van der Waals surface area contributed by atoms with Gasteiger partial charge in [0.25, 0.3) is 0 Å². The molecule has 0 aromatic carbocycles. The van der Waals surface area contributed by atoms with Gasteiger partial charge in [-0.2, -0.15) is 0 Å². The van der Waals surface area contributed by atoms with Gasteiger partial charge in [-0.05, 0) is 65.3 Å². The fourth-order valence-corrected chi connectivity index (χ4v) is 3.07. The maximum absolute atomic E-state index is 6.44. The smallest absolute Gasteiger partial charge is 0.0813 e. The molecule has 0 atom stereocenters. The summed E-state index contributed by atoms with van der Waals surface area (Å²) in [6.45, 7) is 13.2. The Morgan fingerprint density at radius 3 is 2.22 bits per heavy atom. The number of nitrogens with one attached hydrogen (secondary N) is 1. The van der Waals surface area contributed by atoms with Crippen LogP contribution in [-0.4, -0.2) is 24.3 Å². The zero-order valence-corrected chi connectivity index (χ0v) is 13.1. The van der Waals surface area contributed by atoms with E-state index in [0.29, 0.717) is 0 Å². The zero-order valence-electron chi connectivity index (χ0n) is 13.1. The molecule has 0 aliphatic heterocycles. The number of ether oxygens (including phenoxy) is 1. The van der Waals surface area contributed by atoms with E-state index in [9.17, 15) is 0 Å². The van der Waals surface area contributed by atoms with Gasteiger partial charge in [-0.15, -0.1) is 0 Å². The Hall–Kier alpha value is -0.0800. The predicted octanol–water partition coefficient (Wildman–Crippen LogP) is 4.14. The molecule has 2 heteroatoms. The average molecular weight is 255 g/mol. The van der Waals surface area contributed by atoms with Crippen LogP contribution in [0.2, 0.25) is 0 Å². The number of hydrogen-bond acceptors (Lipinski definition) is 2. The van der Waals surface area contributed by atoms with Gasteiger partial charge in [0, 0.05) is 6.54 Å². The van der Waals surface area contributed by atoms with Gasteiger partial charge in [-0.25, -0.2) is 0 Å². The van der Waals surface area contributed by atoms with Crippen molar-refractivity contribution in [3.63, 3.8) is 0 Å². The molecular formula is C16H33NO. The first-order chi connectivity index (χ1) is 8.41. The highest BCUT2D eigenvalue weighted by Crippen LogP contribution is 2.38. The molecule has 1 N–H and O–H groups in total. The molecule has 0 radical (unpaired) electrons. The zero-order chi connectivity index (χ0) is 13.6. The molecule has 0 aromatic rings. The fraction of sp³-hybridized carbons (Fsp3) is 1.00. The molecule has 1 aliphatic carbocycles. The number of hydrogen-bond donors (Lipinski definition) is 1. The van der Waals surface area contributed by atoms with Crippen LogP contribution in [0.15, 0.2) is 0 Å². The molecule has 0 unspecified atom stereocenters. The second kappa shape index (κ2) is 6.91.